The summed E-state index contributed by atoms with van der Waals surface area (Å²) < 4.78 is 0. The second kappa shape index (κ2) is 4.47. The van der Waals surface area contributed by atoms with Gasteiger partial charge >= 0.3 is 0 Å². The SMILES string of the molecule is C1CC[NH2+]CC1.[SH-]. The van der Waals surface area contributed by atoms with E-state index in [0.717, 1.165) is 0 Å². The maximum atomic E-state index is 2.39. The van der Waals surface area contributed by atoms with Crippen molar-refractivity contribution in [2.24, 2.45) is 0 Å². The number of thiol groups is 1. The Morgan fingerprint density at radius 2 is 1.43 bits per heavy atom. The van der Waals surface area contributed by atoms with Crippen molar-refractivity contribution in [3.63, 3.8) is 0 Å². The van der Waals surface area contributed by atoms with Crippen molar-refractivity contribution in [1.82, 2.24) is 0 Å². The van der Waals surface area contributed by atoms with Crippen molar-refractivity contribution in [2.45, 2.75) is 19.3 Å². The number of rotatable bonds is 0. The van der Waals surface area contributed by atoms with Gasteiger partial charge in [-0.3, -0.25) is 0 Å². The van der Waals surface area contributed by atoms with E-state index in [1.165, 1.54) is 32.4 Å². The minimum absolute atomic E-state index is 0. The molecule has 0 amide bonds. The zero-order valence-corrected chi connectivity index (χ0v) is 5.45. The molecule has 1 rings (SSSR count). The van der Waals surface area contributed by atoms with Gasteiger partial charge in [-0.05, 0) is 19.3 Å². The fraction of sp³-hybridized carbons (Fsp3) is 1.00. The Morgan fingerprint density at radius 1 is 0.857 bits per heavy atom. The van der Waals surface area contributed by atoms with Gasteiger partial charge in [-0.15, -0.1) is 0 Å². The van der Waals surface area contributed by atoms with E-state index < -0.39 is 0 Å². The monoisotopic (exact) mass is 119 g/mol. The van der Waals surface area contributed by atoms with Gasteiger partial charge in [-0.2, -0.15) is 0 Å². The van der Waals surface area contributed by atoms with E-state index in [9.17, 15) is 0 Å². The predicted molar refractivity (Wildman–Crippen MR) is 34.3 cm³/mol. The molecule has 1 aliphatic heterocycles. The van der Waals surface area contributed by atoms with E-state index >= 15 is 0 Å². The predicted octanol–water partition coefficient (Wildman–Crippen LogP) is -0.536. The largest absolute Gasteiger partial charge is 0.813 e. The first-order chi connectivity index (χ1) is 3.00. The Kier molecular flexibility index (Phi) is 4.67. The van der Waals surface area contributed by atoms with Crippen LogP contribution in [0.25, 0.3) is 0 Å². The van der Waals surface area contributed by atoms with Gasteiger partial charge in [-0.25, -0.2) is 0 Å². The van der Waals surface area contributed by atoms with Crippen LogP contribution in [0.15, 0.2) is 0 Å². The highest BCUT2D eigenvalue weighted by atomic mass is 32.1. The Bertz CT molecular complexity index is 23.6. The van der Waals surface area contributed by atoms with Crippen LogP contribution in [0.2, 0.25) is 0 Å². The summed E-state index contributed by atoms with van der Waals surface area (Å²) in [5.74, 6) is 0. The Hall–Kier alpha value is 0.310. The first-order valence-corrected chi connectivity index (χ1v) is 2.82. The molecule has 1 heterocycles. The summed E-state index contributed by atoms with van der Waals surface area (Å²) in [6.07, 6.45) is 4.36. The van der Waals surface area contributed by atoms with Crippen LogP contribution in [0, 0.1) is 0 Å². The summed E-state index contributed by atoms with van der Waals surface area (Å²) in [6.45, 7) is 2.75. The lowest BCUT2D eigenvalue weighted by molar-refractivity contribution is -0.662. The van der Waals surface area contributed by atoms with Crippen molar-refractivity contribution in [3.05, 3.63) is 0 Å². The molecule has 1 saturated heterocycles. The molecular weight excluding hydrogens is 106 g/mol. The number of hydrogen-bond acceptors (Lipinski definition) is 1. The molecule has 1 nitrogen and oxygen atoms in total. The average molecular weight is 119 g/mol. The van der Waals surface area contributed by atoms with Crippen LogP contribution in [-0.2, 0) is 13.5 Å². The summed E-state index contributed by atoms with van der Waals surface area (Å²) in [5.41, 5.74) is 0. The minimum Gasteiger partial charge on any atom is -0.813 e. The fourth-order valence-electron chi connectivity index (χ4n) is 0.898. The van der Waals surface area contributed by atoms with E-state index in [2.05, 4.69) is 5.32 Å². The molecule has 2 heteroatoms. The maximum Gasteiger partial charge on any atom is 0.0755 e. The average Bonchev–Trinajstić information content (AvgIpc) is 1.72. The summed E-state index contributed by atoms with van der Waals surface area (Å²) in [5, 5.41) is 2.39. The van der Waals surface area contributed by atoms with Crippen molar-refractivity contribution >= 4 is 13.5 Å². The third-order valence-corrected chi connectivity index (χ3v) is 1.32. The molecule has 0 aromatic rings. The van der Waals surface area contributed by atoms with Crippen molar-refractivity contribution in [3.8, 4) is 0 Å². The first kappa shape index (κ1) is 7.31. The smallest absolute Gasteiger partial charge is 0.0755 e. The van der Waals surface area contributed by atoms with E-state index in [0.29, 0.717) is 0 Å². The molecular formula is C5H13NS. The van der Waals surface area contributed by atoms with Crippen LogP contribution in [0.5, 0.6) is 0 Å². The van der Waals surface area contributed by atoms with Crippen LogP contribution in [0.4, 0.5) is 0 Å². The van der Waals surface area contributed by atoms with Gasteiger partial charge in [0.15, 0.2) is 0 Å². The maximum absolute atomic E-state index is 2.39. The van der Waals surface area contributed by atoms with Crippen LogP contribution >= 0.6 is 0 Å². The third-order valence-electron chi connectivity index (χ3n) is 1.32. The summed E-state index contributed by atoms with van der Waals surface area (Å²) in [7, 11) is 0. The van der Waals surface area contributed by atoms with Crippen molar-refractivity contribution in [1.29, 1.82) is 0 Å². The summed E-state index contributed by atoms with van der Waals surface area (Å²) in [6, 6.07) is 0. The highest BCUT2D eigenvalue weighted by Gasteiger charge is 1.97. The van der Waals surface area contributed by atoms with E-state index in [1.807, 2.05) is 0 Å². The highest BCUT2D eigenvalue weighted by Crippen LogP contribution is 1.91. The second-order valence-electron chi connectivity index (χ2n) is 1.93. The zero-order valence-electron chi connectivity index (χ0n) is 4.56. The van der Waals surface area contributed by atoms with Crippen LogP contribution < -0.4 is 5.32 Å². The minimum atomic E-state index is 0. The molecule has 0 unspecified atom stereocenters. The molecule has 0 aromatic carbocycles. The zero-order chi connectivity index (χ0) is 4.24. The molecule has 0 radical (unpaired) electrons. The molecule has 0 aliphatic carbocycles. The fourth-order valence-corrected chi connectivity index (χ4v) is 0.898. The second-order valence-corrected chi connectivity index (χ2v) is 1.93. The van der Waals surface area contributed by atoms with Crippen LogP contribution in [-0.4, -0.2) is 13.1 Å². The lowest BCUT2D eigenvalue weighted by atomic mass is 10.2. The molecule has 44 valence electrons. The number of quaternary nitrogens is 1. The lowest BCUT2D eigenvalue weighted by Crippen LogP contribution is -2.85. The summed E-state index contributed by atoms with van der Waals surface area (Å²) >= 11 is 0. The number of piperidine rings is 1. The Morgan fingerprint density at radius 3 is 1.57 bits per heavy atom. The quantitative estimate of drug-likeness (QED) is 0.335. The number of hydrogen-bond donors (Lipinski definition) is 1. The molecule has 0 bridgehead atoms. The van der Waals surface area contributed by atoms with Gasteiger partial charge in [0.2, 0.25) is 0 Å². The van der Waals surface area contributed by atoms with Gasteiger partial charge in [0.05, 0.1) is 13.1 Å². The summed E-state index contributed by atoms with van der Waals surface area (Å²) in [4.78, 5) is 0. The molecule has 0 saturated carbocycles. The molecule has 1 fully saturated rings. The molecule has 0 atom stereocenters. The van der Waals surface area contributed by atoms with Gasteiger partial charge < -0.3 is 18.8 Å². The first-order valence-electron chi connectivity index (χ1n) is 2.82. The Balaban J connectivity index is 0.000000360. The lowest BCUT2D eigenvalue weighted by Gasteiger charge is -2.05. The van der Waals surface area contributed by atoms with Crippen LogP contribution in [0.3, 0.4) is 0 Å². The molecule has 0 aromatic heterocycles. The molecule has 1 aliphatic rings. The third kappa shape index (κ3) is 2.94. The topological polar surface area (TPSA) is 16.6 Å². The molecule has 2 N–H and O–H groups in total. The highest BCUT2D eigenvalue weighted by molar-refractivity contribution is 7.37. The van der Waals surface area contributed by atoms with Crippen LogP contribution in [0.1, 0.15) is 19.3 Å². The standard InChI is InChI=1S/C5H11N.H2S/c1-2-4-6-5-3-1;/h6H,1-5H2;1H2. The van der Waals surface area contributed by atoms with Crippen molar-refractivity contribution in [2.75, 3.05) is 13.1 Å². The van der Waals surface area contributed by atoms with Gasteiger partial charge in [0.1, 0.15) is 0 Å². The van der Waals surface area contributed by atoms with Gasteiger partial charge in [0, 0.05) is 0 Å². The molecule has 0 spiro atoms. The Labute approximate surface area is 51.9 Å². The normalized spacial score (nSPS) is 20.6. The number of nitrogens with two attached hydrogens (primary N) is 1. The van der Waals surface area contributed by atoms with E-state index in [-0.39, 0.29) is 13.5 Å². The van der Waals surface area contributed by atoms with E-state index in [1.54, 1.807) is 0 Å². The molecule has 7 heavy (non-hydrogen) atoms. The van der Waals surface area contributed by atoms with Gasteiger partial charge in [0.25, 0.3) is 0 Å². The van der Waals surface area contributed by atoms with E-state index in [4.69, 9.17) is 0 Å². The van der Waals surface area contributed by atoms with Crippen molar-refractivity contribution < 1.29 is 5.32 Å². The van der Waals surface area contributed by atoms with Gasteiger partial charge in [-0.1, -0.05) is 0 Å².